The van der Waals surface area contributed by atoms with Crippen molar-refractivity contribution in [2.45, 2.75) is 57.1 Å². The third-order valence-corrected chi connectivity index (χ3v) is 4.51. The molecular formula is C13H21NO2. The first-order chi connectivity index (χ1) is 7.84. The van der Waals surface area contributed by atoms with Gasteiger partial charge in [0, 0.05) is 12.0 Å². The van der Waals surface area contributed by atoms with E-state index in [-0.39, 0.29) is 12.1 Å². The van der Waals surface area contributed by atoms with E-state index in [0.29, 0.717) is 18.4 Å². The van der Waals surface area contributed by atoms with Gasteiger partial charge in [-0.15, -0.1) is 0 Å². The smallest absolute Gasteiger partial charge is 0.306 e. The molecule has 3 unspecified atom stereocenters. The molecule has 3 nitrogen and oxygen atoms in total. The van der Waals surface area contributed by atoms with Crippen LogP contribution in [0.15, 0.2) is 0 Å². The molecule has 3 aliphatic rings. The molecule has 3 atom stereocenters. The molecule has 3 heteroatoms. The number of ether oxygens (including phenoxy) is 1. The van der Waals surface area contributed by atoms with Gasteiger partial charge in [0.1, 0.15) is 6.10 Å². The van der Waals surface area contributed by atoms with Crippen molar-refractivity contribution >= 4 is 5.97 Å². The lowest BCUT2D eigenvalue weighted by atomic mass is 9.98. The Morgan fingerprint density at radius 2 is 1.81 bits per heavy atom. The zero-order valence-electron chi connectivity index (χ0n) is 9.86. The summed E-state index contributed by atoms with van der Waals surface area (Å²) in [6, 6.07) is 0.634. The second-order valence-corrected chi connectivity index (χ2v) is 5.49. The van der Waals surface area contributed by atoms with Crippen LogP contribution in [0.3, 0.4) is 0 Å². The average molecular weight is 223 g/mol. The maximum absolute atomic E-state index is 11.3. The summed E-state index contributed by atoms with van der Waals surface area (Å²) >= 11 is 0. The molecule has 1 aliphatic carbocycles. The van der Waals surface area contributed by atoms with Crippen molar-refractivity contribution in [2.75, 3.05) is 13.1 Å². The molecule has 0 aromatic carbocycles. The number of likely N-dealkylation sites (tertiary alicyclic amines) is 1. The zero-order valence-corrected chi connectivity index (χ0v) is 9.86. The van der Waals surface area contributed by atoms with E-state index in [2.05, 4.69) is 4.90 Å². The summed E-state index contributed by atoms with van der Waals surface area (Å²) in [5, 5.41) is 0. The highest BCUT2D eigenvalue weighted by Gasteiger charge is 2.46. The minimum Gasteiger partial charge on any atom is -0.462 e. The van der Waals surface area contributed by atoms with Crippen LogP contribution in [0.2, 0.25) is 0 Å². The Labute approximate surface area is 97.1 Å². The molecule has 0 spiro atoms. The SMILES string of the molecule is O=C1CC2C(CCC2N2CCCCCC2)O1. The first kappa shape index (κ1) is 10.6. The van der Waals surface area contributed by atoms with E-state index in [4.69, 9.17) is 4.74 Å². The number of carbonyl (C=O) groups excluding carboxylic acids is 1. The maximum atomic E-state index is 11.3. The molecule has 2 saturated heterocycles. The van der Waals surface area contributed by atoms with Gasteiger partial charge in [0.15, 0.2) is 0 Å². The van der Waals surface area contributed by atoms with Crippen molar-refractivity contribution in [3.63, 3.8) is 0 Å². The van der Waals surface area contributed by atoms with Gasteiger partial charge in [0.2, 0.25) is 0 Å². The van der Waals surface area contributed by atoms with Crippen LogP contribution >= 0.6 is 0 Å². The van der Waals surface area contributed by atoms with Crippen LogP contribution in [-0.2, 0) is 9.53 Å². The highest BCUT2D eigenvalue weighted by atomic mass is 16.6. The number of nitrogens with zero attached hydrogens (tertiary/aromatic N) is 1. The molecule has 2 heterocycles. The van der Waals surface area contributed by atoms with E-state index in [1.807, 2.05) is 0 Å². The van der Waals surface area contributed by atoms with Gasteiger partial charge in [-0.1, -0.05) is 12.8 Å². The lowest BCUT2D eigenvalue weighted by Gasteiger charge is -2.30. The highest BCUT2D eigenvalue weighted by Crippen LogP contribution is 2.39. The van der Waals surface area contributed by atoms with Crippen molar-refractivity contribution in [3.8, 4) is 0 Å². The molecule has 0 bridgehead atoms. The van der Waals surface area contributed by atoms with Gasteiger partial charge < -0.3 is 4.74 Å². The van der Waals surface area contributed by atoms with Crippen LogP contribution in [0.25, 0.3) is 0 Å². The number of carbonyl (C=O) groups is 1. The van der Waals surface area contributed by atoms with E-state index in [0.717, 1.165) is 6.42 Å². The summed E-state index contributed by atoms with van der Waals surface area (Å²) < 4.78 is 5.37. The largest absolute Gasteiger partial charge is 0.462 e. The highest BCUT2D eigenvalue weighted by molar-refractivity contribution is 5.72. The first-order valence-electron chi connectivity index (χ1n) is 6.78. The van der Waals surface area contributed by atoms with Crippen LogP contribution < -0.4 is 0 Å². The fourth-order valence-electron chi connectivity index (χ4n) is 3.71. The van der Waals surface area contributed by atoms with Gasteiger partial charge in [-0.05, 0) is 38.8 Å². The molecule has 0 radical (unpaired) electrons. The quantitative estimate of drug-likeness (QED) is 0.636. The third kappa shape index (κ3) is 1.86. The van der Waals surface area contributed by atoms with Gasteiger partial charge in [0.25, 0.3) is 0 Å². The molecule has 0 N–H and O–H groups in total. The minimum atomic E-state index is 0.0366. The standard InChI is InChI=1S/C13H21NO2/c15-13-9-10-11(5-6-12(10)16-13)14-7-3-1-2-4-8-14/h10-12H,1-9H2. The Morgan fingerprint density at radius 1 is 1.06 bits per heavy atom. The summed E-state index contributed by atoms with van der Waals surface area (Å²) in [5.41, 5.74) is 0. The molecule has 0 aromatic rings. The summed E-state index contributed by atoms with van der Waals surface area (Å²) in [6.45, 7) is 2.48. The van der Waals surface area contributed by atoms with Gasteiger partial charge in [-0.3, -0.25) is 9.69 Å². The van der Waals surface area contributed by atoms with Crippen LogP contribution in [-0.4, -0.2) is 36.1 Å². The van der Waals surface area contributed by atoms with Crippen molar-refractivity contribution in [1.29, 1.82) is 0 Å². The summed E-state index contributed by atoms with van der Waals surface area (Å²) in [4.78, 5) is 14.0. The van der Waals surface area contributed by atoms with Gasteiger partial charge in [-0.25, -0.2) is 0 Å². The first-order valence-corrected chi connectivity index (χ1v) is 6.78. The van der Waals surface area contributed by atoms with E-state index in [9.17, 15) is 4.79 Å². The van der Waals surface area contributed by atoms with Crippen molar-refractivity contribution in [3.05, 3.63) is 0 Å². The number of esters is 1. The predicted octanol–water partition coefficient (Wildman–Crippen LogP) is 1.96. The monoisotopic (exact) mass is 223 g/mol. The molecule has 1 saturated carbocycles. The molecule has 2 aliphatic heterocycles. The Kier molecular flexibility index (Phi) is 2.88. The summed E-state index contributed by atoms with van der Waals surface area (Å²) in [6.07, 6.45) is 8.69. The molecule has 16 heavy (non-hydrogen) atoms. The molecule has 0 amide bonds. The molecule has 3 rings (SSSR count). The van der Waals surface area contributed by atoms with Gasteiger partial charge in [0.05, 0.1) is 6.42 Å². The predicted molar refractivity (Wildman–Crippen MR) is 61.1 cm³/mol. The summed E-state index contributed by atoms with van der Waals surface area (Å²) in [5.74, 6) is 0.542. The second kappa shape index (κ2) is 4.36. The fourth-order valence-corrected chi connectivity index (χ4v) is 3.71. The van der Waals surface area contributed by atoms with Gasteiger partial charge >= 0.3 is 5.97 Å². The molecule has 90 valence electrons. The number of hydrogen-bond acceptors (Lipinski definition) is 3. The number of rotatable bonds is 1. The third-order valence-electron chi connectivity index (χ3n) is 4.51. The van der Waals surface area contributed by atoms with Crippen molar-refractivity contribution in [2.24, 2.45) is 5.92 Å². The molecular weight excluding hydrogens is 202 g/mol. The minimum absolute atomic E-state index is 0.0366. The van der Waals surface area contributed by atoms with E-state index < -0.39 is 0 Å². The van der Waals surface area contributed by atoms with Crippen molar-refractivity contribution in [1.82, 2.24) is 4.90 Å². The second-order valence-electron chi connectivity index (χ2n) is 5.49. The van der Waals surface area contributed by atoms with Gasteiger partial charge in [-0.2, -0.15) is 0 Å². The Bertz CT molecular complexity index is 271. The average Bonchev–Trinajstić information content (AvgIpc) is 2.68. The zero-order chi connectivity index (χ0) is 11.0. The molecule has 3 fully saturated rings. The van der Waals surface area contributed by atoms with Crippen LogP contribution in [0.4, 0.5) is 0 Å². The van der Waals surface area contributed by atoms with Crippen LogP contribution in [0.5, 0.6) is 0 Å². The van der Waals surface area contributed by atoms with Crippen LogP contribution in [0, 0.1) is 5.92 Å². The maximum Gasteiger partial charge on any atom is 0.306 e. The normalized spacial score (nSPS) is 40.5. The van der Waals surface area contributed by atoms with E-state index >= 15 is 0 Å². The van der Waals surface area contributed by atoms with Crippen LogP contribution in [0.1, 0.15) is 44.9 Å². The Hall–Kier alpha value is -0.570. The Morgan fingerprint density at radius 3 is 2.56 bits per heavy atom. The Balaban J connectivity index is 1.67. The fraction of sp³-hybridized carbons (Fsp3) is 0.923. The van der Waals surface area contributed by atoms with Crippen molar-refractivity contribution < 1.29 is 9.53 Å². The summed E-state index contributed by atoms with van der Waals surface area (Å²) in [7, 11) is 0. The van der Waals surface area contributed by atoms with E-state index in [1.165, 1.54) is 45.2 Å². The number of hydrogen-bond donors (Lipinski definition) is 0. The lowest BCUT2D eigenvalue weighted by Crippen LogP contribution is -2.39. The van der Waals surface area contributed by atoms with E-state index in [1.54, 1.807) is 0 Å². The lowest BCUT2D eigenvalue weighted by molar-refractivity contribution is -0.141. The topological polar surface area (TPSA) is 29.5 Å². The molecule has 0 aromatic heterocycles. The number of fused-ring (bicyclic) bond motifs is 1.